The van der Waals surface area contributed by atoms with E-state index < -0.39 is 0 Å². The summed E-state index contributed by atoms with van der Waals surface area (Å²) in [5.41, 5.74) is 3.70. The highest BCUT2D eigenvalue weighted by Crippen LogP contribution is 2.37. The summed E-state index contributed by atoms with van der Waals surface area (Å²) >= 11 is 6.34. The Balaban J connectivity index is 2.54. The SMILES string of the molecule is CC(=Nc1c(Cl)cccc1C(C)(C)C)c1ccccn1. The summed E-state index contributed by atoms with van der Waals surface area (Å²) < 4.78 is 0. The van der Waals surface area contributed by atoms with Crippen LogP contribution in [-0.2, 0) is 5.41 Å². The maximum absolute atomic E-state index is 6.34. The van der Waals surface area contributed by atoms with Gasteiger partial charge in [-0.2, -0.15) is 0 Å². The van der Waals surface area contributed by atoms with Gasteiger partial charge in [-0.1, -0.05) is 50.6 Å². The minimum atomic E-state index is -0.00582. The van der Waals surface area contributed by atoms with Gasteiger partial charge in [-0.05, 0) is 36.1 Å². The first-order valence-electron chi connectivity index (χ1n) is 6.65. The smallest absolute Gasteiger partial charge is 0.0857 e. The molecule has 0 atom stereocenters. The molecule has 0 aliphatic heterocycles. The largest absolute Gasteiger partial charge is 0.255 e. The first-order valence-corrected chi connectivity index (χ1v) is 7.03. The van der Waals surface area contributed by atoms with Crippen molar-refractivity contribution < 1.29 is 0 Å². The van der Waals surface area contributed by atoms with Gasteiger partial charge in [0.25, 0.3) is 0 Å². The number of hydrogen-bond donors (Lipinski definition) is 0. The summed E-state index contributed by atoms with van der Waals surface area (Å²) in [6, 6.07) is 11.7. The van der Waals surface area contributed by atoms with E-state index in [0.29, 0.717) is 5.02 Å². The zero-order valence-electron chi connectivity index (χ0n) is 12.3. The summed E-state index contributed by atoms with van der Waals surface area (Å²) in [5.74, 6) is 0. The van der Waals surface area contributed by atoms with Gasteiger partial charge in [-0.15, -0.1) is 0 Å². The molecule has 2 aromatic rings. The summed E-state index contributed by atoms with van der Waals surface area (Å²) in [5, 5.41) is 0.674. The van der Waals surface area contributed by atoms with Gasteiger partial charge in [-0.25, -0.2) is 4.99 Å². The van der Waals surface area contributed by atoms with Crippen molar-refractivity contribution in [2.75, 3.05) is 0 Å². The molecule has 1 aromatic heterocycles. The topological polar surface area (TPSA) is 25.2 Å². The lowest BCUT2D eigenvalue weighted by Gasteiger charge is -2.22. The highest BCUT2D eigenvalue weighted by atomic mass is 35.5. The Morgan fingerprint density at radius 3 is 2.45 bits per heavy atom. The van der Waals surface area contributed by atoms with Crippen molar-refractivity contribution in [1.82, 2.24) is 4.98 Å². The summed E-state index contributed by atoms with van der Waals surface area (Å²) in [4.78, 5) is 9.04. The quantitative estimate of drug-likeness (QED) is 0.699. The van der Waals surface area contributed by atoms with Crippen LogP contribution in [0.3, 0.4) is 0 Å². The monoisotopic (exact) mass is 286 g/mol. The van der Waals surface area contributed by atoms with Crippen molar-refractivity contribution in [1.29, 1.82) is 0 Å². The maximum Gasteiger partial charge on any atom is 0.0857 e. The first kappa shape index (κ1) is 14.7. The molecule has 0 radical (unpaired) electrons. The van der Waals surface area contributed by atoms with Gasteiger partial charge >= 0.3 is 0 Å². The molecule has 2 rings (SSSR count). The molecule has 20 heavy (non-hydrogen) atoms. The highest BCUT2D eigenvalue weighted by Gasteiger charge is 2.19. The van der Waals surface area contributed by atoms with E-state index in [1.54, 1.807) is 6.20 Å². The van der Waals surface area contributed by atoms with Crippen molar-refractivity contribution in [3.05, 3.63) is 58.9 Å². The Labute approximate surface area is 125 Å². The van der Waals surface area contributed by atoms with E-state index in [4.69, 9.17) is 16.6 Å². The molecule has 1 heterocycles. The molecule has 0 N–H and O–H groups in total. The average Bonchev–Trinajstić information content (AvgIpc) is 2.40. The number of aromatic nitrogens is 1. The molecular formula is C17H19ClN2. The van der Waals surface area contributed by atoms with Crippen molar-refractivity contribution in [2.45, 2.75) is 33.1 Å². The van der Waals surface area contributed by atoms with Crippen LogP contribution >= 0.6 is 11.6 Å². The fourth-order valence-electron chi connectivity index (χ4n) is 2.04. The Kier molecular flexibility index (Phi) is 4.24. The van der Waals surface area contributed by atoms with Crippen LogP contribution in [0, 0.1) is 0 Å². The molecule has 0 unspecified atom stereocenters. The minimum absolute atomic E-state index is 0.00582. The van der Waals surface area contributed by atoms with Crippen LogP contribution < -0.4 is 0 Å². The number of hydrogen-bond acceptors (Lipinski definition) is 2. The van der Waals surface area contributed by atoms with Crippen molar-refractivity contribution in [2.24, 2.45) is 4.99 Å². The van der Waals surface area contributed by atoms with Crippen LogP contribution in [0.25, 0.3) is 0 Å². The lowest BCUT2D eigenvalue weighted by molar-refractivity contribution is 0.591. The van der Waals surface area contributed by atoms with Crippen LogP contribution in [0.15, 0.2) is 47.6 Å². The lowest BCUT2D eigenvalue weighted by atomic mass is 9.86. The first-order chi connectivity index (χ1) is 9.39. The van der Waals surface area contributed by atoms with Gasteiger partial charge in [0, 0.05) is 6.20 Å². The third-order valence-electron chi connectivity index (χ3n) is 3.11. The van der Waals surface area contributed by atoms with Gasteiger partial charge in [0.15, 0.2) is 0 Å². The number of rotatable bonds is 2. The molecular weight excluding hydrogens is 268 g/mol. The van der Waals surface area contributed by atoms with Crippen LogP contribution in [0.5, 0.6) is 0 Å². The fraction of sp³-hybridized carbons (Fsp3) is 0.294. The highest BCUT2D eigenvalue weighted by molar-refractivity contribution is 6.33. The molecule has 0 aliphatic rings. The maximum atomic E-state index is 6.34. The van der Waals surface area contributed by atoms with Crippen LogP contribution in [0.2, 0.25) is 5.02 Å². The second-order valence-corrected chi connectivity index (χ2v) is 6.21. The molecule has 0 saturated heterocycles. The third kappa shape index (κ3) is 3.26. The summed E-state index contributed by atoms with van der Waals surface area (Å²) in [6.45, 7) is 8.44. The van der Waals surface area contributed by atoms with Gasteiger partial charge in [0.1, 0.15) is 0 Å². The van der Waals surface area contributed by atoms with Crippen molar-refractivity contribution in [3.8, 4) is 0 Å². The number of pyridine rings is 1. The molecule has 0 saturated carbocycles. The number of aliphatic imine (C=N–C) groups is 1. The summed E-state index contributed by atoms with van der Waals surface area (Å²) in [6.07, 6.45) is 1.77. The number of halogens is 1. The third-order valence-corrected chi connectivity index (χ3v) is 3.41. The van der Waals surface area contributed by atoms with E-state index in [1.807, 2.05) is 37.3 Å². The van der Waals surface area contributed by atoms with E-state index in [1.165, 1.54) is 0 Å². The van der Waals surface area contributed by atoms with E-state index in [9.17, 15) is 0 Å². The zero-order chi connectivity index (χ0) is 14.8. The Morgan fingerprint density at radius 2 is 1.85 bits per heavy atom. The van der Waals surface area contributed by atoms with Gasteiger partial charge in [-0.3, -0.25) is 4.98 Å². The van der Waals surface area contributed by atoms with Gasteiger partial charge in [0.05, 0.1) is 22.1 Å². The Bertz CT molecular complexity index is 625. The number of benzene rings is 1. The van der Waals surface area contributed by atoms with Gasteiger partial charge < -0.3 is 0 Å². The van der Waals surface area contributed by atoms with E-state index in [2.05, 4.69) is 31.8 Å². The van der Waals surface area contributed by atoms with E-state index >= 15 is 0 Å². The van der Waals surface area contributed by atoms with Crippen LogP contribution in [0.4, 0.5) is 5.69 Å². The molecule has 3 heteroatoms. The fourth-order valence-corrected chi connectivity index (χ4v) is 2.25. The van der Waals surface area contributed by atoms with Crippen LogP contribution in [-0.4, -0.2) is 10.7 Å². The predicted molar refractivity (Wildman–Crippen MR) is 86.3 cm³/mol. The lowest BCUT2D eigenvalue weighted by Crippen LogP contribution is -2.11. The normalized spacial score (nSPS) is 12.6. The standard InChI is InChI=1S/C17H19ClN2/c1-12(15-10-5-6-11-19-15)20-16-13(17(2,3)4)8-7-9-14(16)18/h5-11H,1-4H3. The molecule has 0 aliphatic carbocycles. The molecule has 2 nitrogen and oxygen atoms in total. The Hall–Kier alpha value is -1.67. The van der Waals surface area contributed by atoms with E-state index in [0.717, 1.165) is 22.7 Å². The number of nitrogens with zero attached hydrogens (tertiary/aromatic N) is 2. The second-order valence-electron chi connectivity index (χ2n) is 5.80. The molecule has 0 amide bonds. The molecule has 104 valence electrons. The number of para-hydroxylation sites is 1. The molecule has 0 spiro atoms. The van der Waals surface area contributed by atoms with Gasteiger partial charge in [0.2, 0.25) is 0 Å². The summed E-state index contributed by atoms with van der Waals surface area (Å²) in [7, 11) is 0. The zero-order valence-corrected chi connectivity index (χ0v) is 13.1. The second kappa shape index (κ2) is 5.76. The molecule has 1 aromatic carbocycles. The van der Waals surface area contributed by atoms with Crippen molar-refractivity contribution >= 4 is 23.0 Å². The molecule has 0 bridgehead atoms. The minimum Gasteiger partial charge on any atom is -0.255 e. The average molecular weight is 287 g/mol. The van der Waals surface area contributed by atoms with E-state index in [-0.39, 0.29) is 5.41 Å². The van der Waals surface area contributed by atoms with Crippen LogP contribution in [0.1, 0.15) is 39.0 Å². The predicted octanol–water partition coefficient (Wildman–Crippen LogP) is 5.17. The molecule has 0 fully saturated rings. The Morgan fingerprint density at radius 1 is 1.10 bits per heavy atom. The van der Waals surface area contributed by atoms with Crippen molar-refractivity contribution in [3.63, 3.8) is 0 Å².